The van der Waals surface area contributed by atoms with E-state index in [2.05, 4.69) is 61.3 Å². The summed E-state index contributed by atoms with van der Waals surface area (Å²) in [5.41, 5.74) is 1.42. The molecule has 106 valence electrons. The number of nitrogens with one attached hydrogen (secondary N) is 1. The van der Waals surface area contributed by atoms with Crippen LogP contribution in [-0.4, -0.2) is 30.6 Å². The number of benzene rings is 1. The van der Waals surface area contributed by atoms with Crippen LogP contribution in [0.15, 0.2) is 30.3 Å². The Morgan fingerprint density at radius 2 is 2.05 bits per heavy atom. The van der Waals surface area contributed by atoms with Gasteiger partial charge in [0, 0.05) is 31.7 Å². The van der Waals surface area contributed by atoms with E-state index in [4.69, 9.17) is 0 Å². The molecule has 0 aromatic heterocycles. The molecule has 1 aromatic rings. The summed E-state index contributed by atoms with van der Waals surface area (Å²) >= 11 is 0. The molecule has 1 fully saturated rings. The normalized spacial score (nSPS) is 26.3. The number of hydrogen-bond acceptors (Lipinski definition) is 2. The van der Waals surface area contributed by atoms with Crippen molar-refractivity contribution in [3.05, 3.63) is 35.9 Å². The van der Waals surface area contributed by atoms with Gasteiger partial charge in [-0.25, -0.2) is 0 Å². The summed E-state index contributed by atoms with van der Waals surface area (Å²) in [4.78, 5) is 2.66. The summed E-state index contributed by atoms with van der Waals surface area (Å²) < 4.78 is 0. The number of hydrogen-bond donors (Lipinski definition) is 1. The molecule has 0 aliphatic carbocycles. The quantitative estimate of drug-likeness (QED) is 0.872. The second kappa shape index (κ2) is 7.06. The van der Waals surface area contributed by atoms with Gasteiger partial charge in [-0.1, -0.05) is 50.6 Å². The number of piperazine rings is 1. The Kier molecular flexibility index (Phi) is 5.41. The average molecular weight is 260 g/mol. The van der Waals surface area contributed by atoms with Crippen molar-refractivity contribution in [2.75, 3.05) is 19.6 Å². The minimum Gasteiger partial charge on any atom is -0.307 e. The lowest BCUT2D eigenvalue weighted by Crippen LogP contribution is -2.52. The summed E-state index contributed by atoms with van der Waals surface area (Å²) in [6.45, 7) is 10.5. The fraction of sp³-hybridized carbons (Fsp3) is 0.647. The molecule has 3 atom stereocenters. The van der Waals surface area contributed by atoms with E-state index in [9.17, 15) is 0 Å². The molecule has 2 heteroatoms. The maximum Gasteiger partial charge on any atom is 0.0449 e. The lowest BCUT2D eigenvalue weighted by Gasteiger charge is -2.40. The van der Waals surface area contributed by atoms with Crippen molar-refractivity contribution in [2.24, 2.45) is 5.92 Å². The highest BCUT2D eigenvalue weighted by Gasteiger charge is 2.26. The summed E-state index contributed by atoms with van der Waals surface area (Å²) in [5, 5.41) is 3.68. The minimum atomic E-state index is 0.492. The molecular formula is C17H28N2. The lowest BCUT2D eigenvalue weighted by molar-refractivity contribution is 0.121. The standard InChI is InChI=1S/C17H28N2/c1-4-8-14(2)12-19-13-17(18-11-15(19)3)16-9-6-5-7-10-16/h5-7,9-10,14-15,17-18H,4,8,11-13H2,1-3H3. The Labute approximate surface area is 118 Å². The topological polar surface area (TPSA) is 15.3 Å². The van der Waals surface area contributed by atoms with Gasteiger partial charge >= 0.3 is 0 Å². The number of rotatable bonds is 5. The van der Waals surface area contributed by atoms with Crippen molar-refractivity contribution in [3.63, 3.8) is 0 Å². The van der Waals surface area contributed by atoms with Crippen molar-refractivity contribution in [3.8, 4) is 0 Å². The SMILES string of the molecule is CCCC(C)CN1CC(c2ccccc2)NCC1C. The summed E-state index contributed by atoms with van der Waals surface area (Å²) in [6.07, 6.45) is 2.64. The maximum absolute atomic E-state index is 3.68. The molecule has 2 rings (SSSR count). The van der Waals surface area contributed by atoms with E-state index in [1.807, 2.05) is 0 Å². The Morgan fingerprint density at radius 1 is 1.32 bits per heavy atom. The first kappa shape index (κ1) is 14.5. The fourth-order valence-electron chi connectivity index (χ4n) is 3.07. The lowest BCUT2D eigenvalue weighted by atomic mass is 9.99. The monoisotopic (exact) mass is 260 g/mol. The van der Waals surface area contributed by atoms with Crippen LogP contribution < -0.4 is 5.32 Å². The third kappa shape index (κ3) is 4.05. The highest BCUT2D eigenvalue weighted by molar-refractivity contribution is 5.20. The highest BCUT2D eigenvalue weighted by atomic mass is 15.2. The average Bonchev–Trinajstić information content (AvgIpc) is 2.42. The van der Waals surface area contributed by atoms with Gasteiger partial charge in [-0.05, 0) is 24.8 Å². The molecule has 0 bridgehead atoms. The van der Waals surface area contributed by atoms with Crippen LogP contribution in [0.3, 0.4) is 0 Å². The minimum absolute atomic E-state index is 0.492. The van der Waals surface area contributed by atoms with Crippen LogP contribution in [0.4, 0.5) is 0 Å². The van der Waals surface area contributed by atoms with Gasteiger partial charge in [-0.3, -0.25) is 4.90 Å². The Bertz CT molecular complexity index is 363. The van der Waals surface area contributed by atoms with E-state index in [1.165, 1.54) is 24.9 Å². The summed E-state index contributed by atoms with van der Waals surface area (Å²) in [7, 11) is 0. The zero-order valence-electron chi connectivity index (χ0n) is 12.6. The van der Waals surface area contributed by atoms with Crippen molar-refractivity contribution < 1.29 is 0 Å². The first-order chi connectivity index (χ1) is 9.20. The van der Waals surface area contributed by atoms with Crippen LogP contribution in [0.25, 0.3) is 0 Å². The van der Waals surface area contributed by atoms with Gasteiger partial charge in [0.2, 0.25) is 0 Å². The second-order valence-corrected chi connectivity index (χ2v) is 6.07. The molecule has 0 amide bonds. The van der Waals surface area contributed by atoms with Crippen LogP contribution >= 0.6 is 0 Å². The fourth-order valence-corrected chi connectivity index (χ4v) is 3.07. The van der Waals surface area contributed by atoms with E-state index in [0.717, 1.165) is 19.0 Å². The van der Waals surface area contributed by atoms with Crippen molar-refractivity contribution in [2.45, 2.75) is 45.7 Å². The molecule has 1 heterocycles. The molecule has 0 spiro atoms. The zero-order valence-corrected chi connectivity index (χ0v) is 12.6. The molecule has 1 aromatic carbocycles. The molecular weight excluding hydrogens is 232 g/mol. The Balaban J connectivity index is 1.96. The molecule has 2 nitrogen and oxygen atoms in total. The first-order valence-electron chi connectivity index (χ1n) is 7.73. The van der Waals surface area contributed by atoms with E-state index < -0.39 is 0 Å². The second-order valence-electron chi connectivity index (χ2n) is 6.07. The molecule has 1 aliphatic rings. The maximum atomic E-state index is 3.68. The van der Waals surface area contributed by atoms with Crippen LogP contribution in [-0.2, 0) is 0 Å². The van der Waals surface area contributed by atoms with E-state index in [1.54, 1.807) is 0 Å². The highest BCUT2D eigenvalue weighted by Crippen LogP contribution is 2.21. The van der Waals surface area contributed by atoms with Gasteiger partial charge in [0.05, 0.1) is 0 Å². The van der Waals surface area contributed by atoms with E-state index in [0.29, 0.717) is 12.1 Å². The van der Waals surface area contributed by atoms with Gasteiger partial charge in [-0.15, -0.1) is 0 Å². The van der Waals surface area contributed by atoms with Crippen molar-refractivity contribution in [1.29, 1.82) is 0 Å². The predicted molar refractivity (Wildman–Crippen MR) is 82.3 cm³/mol. The van der Waals surface area contributed by atoms with Gasteiger partial charge < -0.3 is 5.32 Å². The van der Waals surface area contributed by atoms with Gasteiger partial charge in [0.15, 0.2) is 0 Å². The molecule has 1 aliphatic heterocycles. The molecule has 19 heavy (non-hydrogen) atoms. The summed E-state index contributed by atoms with van der Waals surface area (Å²) in [5.74, 6) is 0.807. The van der Waals surface area contributed by atoms with Crippen LogP contribution in [0.1, 0.15) is 45.2 Å². The number of nitrogens with zero attached hydrogens (tertiary/aromatic N) is 1. The van der Waals surface area contributed by atoms with Gasteiger partial charge in [0.25, 0.3) is 0 Å². The third-order valence-corrected chi connectivity index (χ3v) is 4.23. The van der Waals surface area contributed by atoms with E-state index in [-0.39, 0.29) is 0 Å². The third-order valence-electron chi connectivity index (χ3n) is 4.23. The summed E-state index contributed by atoms with van der Waals surface area (Å²) in [6, 6.07) is 12.0. The molecule has 1 N–H and O–H groups in total. The smallest absolute Gasteiger partial charge is 0.0449 e. The predicted octanol–water partition coefficient (Wildman–Crippen LogP) is 3.46. The largest absolute Gasteiger partial charge is 0.307 e. The van der Waals surface area contributed by atoms with Gasteiger partial charge in [-0.2, -0.15) is 0 Å². The van der Waals surface area contributed by atoms with Crippen LogP contribution in [0.2, 0.25) is 0 Å². The Hall–Kier alpha value is -0.860. The first-order valence-corrected chi connectivity index (χ1v) is 7.73. The van der Waals surface area contributed by atoms with E-state index >= 15 is 0 Å². The van der Waals surface area contributed by atoms with Crippen LogP contribution in [0.5, 0.6) is 0 Å². The molecule has 0 saturated carbocycles. The Morgan fingerprint density at radius 3 is 2.74 bits per heavy atom. The molecule has 0 radical (unpaired) electrons. The van der Waals surface area contributed by atoms with Crippen molar-refractivity contribution >= 4 is 0 Å². The van der Waals surface area contributed by atoms with Gasteiger partial charge in [0.1, 0.15) is 0 Å². The molecule has 3 unspecified atom stereocenters. The molecule has 1 saturated heterocycles. The zero-order chi connectivity index (χ0) is 13.7. The van der Waals surface area contributed by atoms with Crippen LogP contribution in [0, 0.1) is 5.92 Å². The van der Waals surface area contributed by atoms with Crippen molar-refractivity contribution in [1.82, 2.24) is 10.2 Å².